The minimum atomic E-state index is 0.293. The number of para-hydroxylation sites is 1. The van der Waals surface area contributed by atoms with Gasteiger partial charge in [0.2, 0.25) is 0 Å². The Morgan fingerprint density at radius 1 is 1.00 bits per heavy atom. The Morgan fingerprint density at radius 3 is 2.55 bits per heavy atom. The zero-order valence-corrected chi connectivity index (χ0v) is 12.8. The largest absolute Gasteiger partial charge is 0.488 e. The van der Waals surface area contributed by atoms with Crippen molar-refractivity contribution in [1.82, 2.24) is 0 Å². The molecule has 0 aromatic heterocycles. The Morgan fingerprint density at radius 2 is 1.80 bits per heavy atom. The summed E-state index contributed by atoms with van der Waals surface area (Å²) in [6, 6.07) is 13.0. The Kier molecular flexibility index (Phi) is 5.61. The van der Waals surface area contributed by atoms with Gasteiger partial charge >= 0.3 is 0 Å². The second-order valence-electron chi connectivity index (χ2n) is 3.97. The molecule has 4 heteroatoms. The van der Waals surface area contributed by atoms with Gasteiger partial charge in [-0.05, 0) is 29.8 Å². The van der Waals surface area contributed by atoms with E-state index in [1.54, 1.807) is 12.1 Å². The van der Waals surface area contributed by atoms with Gasteiger partial charge in [0.15, 0.2) is 0 Å². The van der Waals surface area contributed by atoms with E-state index in [9.17, 15) is 0 Å². The number of hydrogen-bond donors (Lipinski definition) is 0. The van der Waals surface area contributed by atoms with Crippen LogP contribution >= 0.6 is 34.8 Å². The molecule has 20 heavy (non-hydrogen) atoms. The number of halogens is 3. The van der Waals surface area contributed by atoms with E-state index in [1.165, 1.54) is 0 Å². The molecule has 0 spiro atoms. The molecule has 0 heterocycles. The molecule has 0 aliphatic heterocycles. The van der Waals surface area contributed by atoms with E-state index in [2.05, 4.69) is 11.8 Å². The maximum atomic E-state index is 5.97. The first-order valence-corrected chi connectivity index (χ1v) is 7.20. The van der Waals surface area contributed by atoms with Gasteiger partial charge < -0.3 is 4.74 Å². The quantitative estimate of drug-likeness (QED) is 0.559. The van der Waals surface area contributed by atoms with Crippen LogP contribution in [0.2, 0.25) is 10.0 Å². The first-order valence-electron chi connectivity index (χ1n) is 5.91. The highest BCUT2D eigenvalue weighted by Gasteiger charge is 2.03. The molecule has 2 aromatic carbocycles. The lowest BCUT2D eigenvalue weighted by Crippen LogP contribution is -1.97. The highest BCUT2D eigenvalue weighted by atomic mass is 35.5. The molecule has 0 aliphatic carbocycles. The lowest BCUT2D eigenvalue weighted by molar-refractivity contribution is 0.305. The maximum Gasteiger partial charge on any atom is 0.135 e. The minimum Gasteiger partial charge on any atom is -0.488 e. The number of ether oxygens (including phenoxy) is 1. The van der Waals surface area contributed by atoms with Gasteiger partial charge in [0.1, 0.15) is 12.4 Å². The average molecular weight is 326 g/mol. The summed E-state index contributed by atoms with van der Waals surface area (Å²) in [7, 11) is 0. The molecular formula is C16H11Cl3O. The van der Waals surface area contributed by atoms with Crippen LogP contribution in [0.1, 0.15) is 11.1 Å². The van der Waals surface area contributed by atoms with E-state index in [-0.39, 0.29) is 0 Å². The highest BCUT2D eigenvalue weighted by molar-refractivity contribution is 6.42. The van der Waals surface area contributed by atoms with Gasteiger partial charge in [-0.3, -0.25) is 0 Å². The second kappa shape index (κ2) is 7.45. The van der Waals surface area contributed by atoms with Gasteiger partial charge in [-0.1, -0.05) is 53.2 Å². The minimum absolute atomic E-state index is 0.293. The van der Waals surface area contributed by atoms with Gasteiger partial charge in [-0.15, -0.1) is 11.6 Å². The van der Waals surface area contributed by atoms with Crippen molar-refractivity contribution in [1.29, 1.82) is 0 Å². The Balaban J connectivity index is 2.12. The van der Waals surface area contributed by atoms with Crippen molar-refractivity contribution < 1.29 is 4.74 Å². The van der Waals surface area contributed by atoms with Crippen molar-refractivity contribution in [3.05, 3.63) is 63.6 Å². The summed E-state index contributed by atoms with van der Waals surface area (Å²) in [6.45, 7) is 0.399. The van der Waals surface area contributed by atoms with Crippen molar-refractivity contribution in [3.8, 4) is 17.6 Å². The van der Waals surface area contributed by atoms with Crippen LogP contribution in [-0.4, -0.2) is 5.88 Å². The smallest absolute Gasteiger partial charge is 0.135 e. The lowest BCUT2D eigenvalue weighted by atomic mass is 10.2. The fraction of sp³-hybridized carbons (Fsp3) is 0.125. The van der Waals surface area contributed by atoms with E-state index < -0.39 is 0 Å². The van der Waals surface area contributed by atoms with Crippen LogP contribution in [0.15, 0.2) is 42.5 Å². The fourth-order valence-electron chi connectivity index (χ4n) is 1.61. The molecule has 2 aromatic rings. The zero-order valence-electron chi connectivity index (χ0n) is 10.5. The second-order valence-corrected chi connectivity index (χ2v) is 5.05. The molecule has 0 N–H and O–H groups in total. The topological polar surface area (TPSA) is 9.23 Å². The lowest BCUT2D eigenvalue weighted by Gasteiger charge is -2.09. The molecule has 0 bridgehead atoms. The Bertz CT molecular complexity index is 656. The SMILES string of the molecule is ClCC#Cc1ccccc1OCc1ccc(Cl)c(Cl)c1. The Labute approximate surface area is 133 Å². The molecule has 0 saturated heterocycles. The molecule has 0 amide bonds. The van der Waals surface area contributed by atoms with Crippen molar-refractivity contribution in [2.45, 2.75) is 6.61 Å². The molecule has 1 nitrogen and oxygen atoms in total. The predicted octanol–water partition coefficient (Wildman–Crippen LogP) is 5.16. The van der Waals surface area contributed by atoms with Crippen LogP contribution in [0.3, 0.4) is 0 Å². The third-order valence-electron chi connectivity index (χ3n) is 2.56. The van der Waals surface area contributed by atoms with Gasteiger partial charge in [0.05, 0.1) is 21.5 Å². The summed E-state index contributed by atoms with van der Waals surface area (Å²) < 4.78 is 5.77. The molecule has 102 valence electrons. The molecule has 2 rings (SSSR count). The number of alkyl halides is 1. The van der Waals surface area contributed by atoms with E-state index in [1.807, 2.05) is 30.3 Å². The van der Waals surface area contributed by atoms with Crippen LogP contribution < -0.4 is 4.74 Å². The van der Waals surface area contributed by atoms with Crippen LogP contribution in [0.4, 0.5) is 0 Å². The van der Waals surface area contributed by atoms with Gasteiger partial charge in [0.25, 0.3) is 0 Å². The zero-order chi connectivity index (χ0) is 14.4. The summed E-state index contributed by atoms with van der Waals surface area (Å²) in [5, 5.41) is 1.05. The van der Waals surface area contributed by atoms with Crippen LogP contribution in [0, 0.1) is 11.8 Å². The van der Waals surface area contributed by atoms with Crippen LogP contribution in [0.25, 0.3) is 0 Å². The molecule has 0 aliphatic rings. The summed E-state index contributed by atoms with van der Waals surface area (Å²) >= 11 is 17.4. The fourth-order valence-corrected chi connectivity index (χ4v) is 2.00. The molecule has 0 fully saturated rings. The summed E-state index contributed by atoms with van der Waals surface area (Å²) in [5.74, 6) is 6.79. The third kappa shape index (κ3) is 4.08. The third-order valence-corrected chi connectivity index (χ3v) is 3.43. The monoisotopic (exact) mass is 324 g/mol. The number of rotatable bonds is 3. The molecule has 0 saturated carbocycles. The van der Waals surface area contributed by atoms with E-state index >= 15 is 0 Å². The Hall–Kier alpha value is -1.33. The summed E-state index contributed by atoms with van der Waals surface area (Å²) in [4.78, 5) is 0. The standard InChI is InChI=1S/C16H11Cl3O/c17-9-3-5-13-4-1-2-6-16(13)20-11-12-7-8-14(18)15(19)10-12/h1-2,4,6-8,10H,9,11H2. The normalized spacial score (nSPS) is 9.75. The van der Waals surface area contributed by atoms with Gasteiger partial charge in [0, 0.05) is 0 Å². The van der Waals surface area contributed by atoms with Crippen molar-refractivity contribution >= 4 is 34.8 Å². The van der Waals surface area contributed by atoms with Crippen molar-refractivity contribution in [2.75, 3.05) is 5.88 Å². The van der Waals surface area contributed by atoms with E-state index in [0.717, 1.165) is 16.9 Å². The predicted molar refractivity (Wildman–Crippen MR) is 84.8 cm³/mol. The molecule has 0 radical (unpaired) electrons. The van der Waals surface area contributed by atoms with Crippen molar-refractivity contribution in [2.24, 2.45) is 0 Å². The van der Waals surface area contributed by atoms with E-state index in [4.69, 9.17) is 39.5 Å². The van der Waals surface area contributed by atoms with Crippen molar-refractivity contribution in [3.63, 3.8) is 0 Å². The summed E-state index contributed by atoms with van der Waals surface area (Å²) in [5.41, 5.74) is 1.76. The van der Waals surface area contributed by atoms with Crippen LogP contribution in [0.5, 0.6) is 5.75 Å². The highest BCUT2D eigenvalue weighted by Crippen LogP contribution is 2.24. The summed E-state index contributed by atoms with van der Waals surface area (Å²) in [6.07, 6.45) is 0. The number of hydrogen-bond acceptors (Lipinski definition) is 1. The van der Waals surface area contributed by atoms with E-state index in [0.29, 0.717) is 22.5 Å². The molecular weight excluding hydrogens is 315 g/mol. The maximum absolute atomic E-state index is 5.97. The molecule has 0 unspecified atom stereocenters. The average Bonchev–Trinajstić information content (AvgIpc) is 2.47. The first-order chi connectivity index (χ1) is 9.70. The van der Waals surface area contributed by atoms with Gasteiger partial charge in [-0.25, -0.2) is 0 Å². The molecule has 0 atom stereocenters. The first kappa shape index (κ1) is 15.1. The number of benzene rings is 2. The van der Waals surface area contributed by atoms with Crippen LogP contribution in [-0.2, 0) is 6.61 Å². The van der Waals surface area contributed by atoms with Gasteiger partial charge in [-0.2, -0.15) is 0 Å².